The zero-order valence-electron chi connectivity index (χ0n) is 17.0. The van der Waals surface area contributed by atoms with E-state index in [1.165, 1.54) is 30.5 Å². The van der Waals surface area contributed by atoms with Crippen LogP contribution in [0.15, 0.2) is 64.6 Å². The average Bonchev–Trinajstić information content (AvgIpc) is 3.23. The summed E-state index contributed by atoms with van der Waals surface area (Å²) in [4.78, 5) is 15.1. The molecule has 0 amide bonds. The Morgan fingerprint density at radius 1 is 1.19 bits per heavy atom. The molecule has 1 saturated carbocycles. The van der Waals surface area contributed by atoms with Gasteiger partial charge in [0.2, 0.25) is 0 Å². The van der Waals surface area contributed by atoms with E-state index >= 15 is 0 Å². The standard InChI is InChI=1S/C23H23FN4O3/c1-30-21-3-2-4-22(21)31-17-8-6-16(7-9-17)26-13-20(28-25)18-12-14-11-15(24)5-10-19(14)27-23(18)29/h5-13,21-22,25-26H,2-4H2,1H3,(H,27,29)/b20-13-,28-25?/t21-,22-/m1/s1. The van der Waals surface area contributed by atoms with Crippen molar-refractivity contribution in [1.82, 2.24) is 4.98 Å². The molecule has 1 aromatic heterocycles. The van der Waals surface area contributed by atoms with Crippen LogP contribution in [0.3, 0.4) is 0 Å². The number of benzene rings is 2. The maximum Gasteiger partial charge on any atom is 0.258 e. The van der Waals surface area contributed by atoms with Gasteiger partial charge in [-0.25, -0.2) is 9.92 Å². The number of nitrogens with zero attached hydrogens (tertiary/aromatic N) is 1. The van der Waals surface area contributed by atoms with Crippen LogP contribution < -0.4 is 15.6 Å². The molecule has 1 aliphatic rings. The molecule has 0 unspecified atom stereocenters. The highest BCUT2D eigenvalue weighted by Gasteiger charge is 2.28. The fraction of sp³-hybridized carbons (Fsp3) is 0.261. The summed E-state index contributed by atoms with van der Waals surface area (Å²) in [5.74, 6) is 0.343. The molecule has 160 valence electrons. The van der Waals surface area contributed by atoms with Crippen LogP contribution >= 0.6 is 0 Å². The number of fused-ring (bicyclic) bond motifs is 1. The highest BCUT2D eigenvalue weighted by molar-refractivity contribution is 5.82. The molecule has 0 spiro atoms. The summed E-state index contributed by atoms with van der Waals surface area (Å²) in [6, 6.07) is 13.0. The molecule has 2 aromatic carbocycles. The summed E-state index contributed by atoms with van der Waals surface area (Å²) in [5.41, 5.74) is 8.62. The van der Waals surface area contributed by atoms with Crippen LogP contribution in [0, 0.1) is 11.3 Å². The largest absolute Gasteiger partial charge is 0.488 e. The van der Waals surface area contributed by atoms with Crippen molar-refractivity contribution >= 4 is 22.3 Å². The van der Waals surface area contributed by atoms with Crippen LogP contribution in [-0.2, 0) is 4.74 Å². The molecule has 3 aromatic rings. The van der Waals surface area contributed by atoms with Crippen LogP contribution in [0.5, 0.6) is 5.75 Å². The highest BCUT2D eigenvalue weighted by Crippen LogP contribution is 2.27. The summed E-state index contributed by atoms with van der Waals surface area (Å²) in [7, 11) is 1.71. The van der Waals surface area contributed by atoms with Crippen molar-refractivity contribution in [3.05, 3.63) is 76.5 Å². The molecule has 8 heteroatoms. The van der Waals surface area contributed by atoms with E-state index in [1.807, 2.05) is 24.3 Å². The van der Waals surface area contributed by atoms with E-state index in [0.29, 0.717) is 10.9 Å². The van der Waals surface area contributed by atoms with Gasteiger partial charge in [-0.2, -0.15) is 5.11 Å². The van der Waals surface area contributed by atoms with Crippen molar-refractivity contribution in [3.8, 4) is 5.75 Å². The quantitative estimate of drug-likeness (QED) is 0.464. The van der Waals surface area contributed by atoms with Crippen LogP contribution in [0.2, 0.25) is 0 Å². The Bertz CT molecular complexity index is 1170. The van der Waals surface area contributed by atoms with E-state index in [-0.39, 0.29) is 23.5 Å². The second-order valence-electron chi connectivity index (χ2n) is 7.42. The number of H-pyrrole nitrogens is 1. The van der Waals surface area contributed by atoms with Gasteiger partial charge in [-0.05, 0) is 67.8 Å². The minimum atomic E-state index is -0.409. The van der Waals surface area contributed by atoms with Crippen molar-refractivity contribution in [2.75, 3.05) is 12.4 Å². The summed E-state index contributed by atoms with van der Waals surface area (Å²) in [6.07, 6.45) is 4.72. The topological polar surface area (TPSA) is 99.6 Å². The minimum Gasteiger partial charge on any atom is -0.488 e. The number of halogens is 1. The number of nitrogens with one attached hydrogen (secondary N) is 3. The molecular weight excluding hydrogens is 399 g/mol. The fourth-order valence-corrected chi connectivity index (χ4v) is 3.79. The summed E-state index contributed by atoms with van der Waals surface area (Å²) in [5, 5.41) is 7.02. The van der Waals surface area contributed by atoms with Gasteiger partial charge in [0.05, 0.1) is 11.7 Å². The monoisotopic (exact) mass is 422 g/mol. The van der Waals surface area contributed by atoms with Gasteiger partial charge in [-0.3, -0.25) is 4.79 Å². The second-order valence-corrected chi connectivity index (χ2v) is 7.42. The average molecular weight is 422 g/mol. The third-order valence-electron chi connectivity index (χ3n) is 5.41. The van der Waals surface area contributed by atoms with Crippen molar-refractivity contribution in [2.24, 2.45) is 5.11 Å². The molecule has 1 aliphatic carbocycles. The Hall–Kier alpha value is -3.52. The number of pyridine rings is 1. The summed E-state index contributed by atoms with van der Waals surface area (Å²) in [6.45, 7) is 0. The van der Waals surface area contributed by atoms with Crippen molar-refractivity contribution in [2.45, 2.75) is 31.5 Å². The number of aromatic nitrogens is 1. The normalized spacial score (nSPS) is 18.8. The number of ether oxygens (including phenoxy) is 2. The smallest absolute Gasteiger partial charge is 0.258 e. The first-order chi connectivity index (χ1) is 15.1. The van der Waals surface area contributed by atoms with Gasteiger partial charge in [0.15, 0.2) is 0 Å². The van der Waals surface area contributed by atoms with Crippen molar-refractivity contribution in [3.63, 3.8) is 0 Å². The number of methoxy groups -OCH3 is 1. The van der Waals surface area contributed by atoms with Crippen LogP contribution in [0.1, 0.15) is 24.8 Å². The predicted octanol–water partition coefficient (Wildman–Crippen LogP) is 5.05. The molecule has 31 heavy (non-hydrogen) atoms. The molecule has 0 saturated heterocycles. The van der Waals surface area contributed by atoms with Crippen LogP contribution in [-0.4, -0.2) is 24.3 Å². The number of rotatable bonds is 7. The first-order valence-electron chi connectivity index (χ1n) is 10.0. The number of aromatic amines is 1. The van der Waals surface area contributed by atoms with Gasteiger partial charge in [0.1, 0.15) is 23.4 Å². The fourth-order valence-electron chi connectivity index (χ4n) is 3.79. The van der Waals surface area contributed by atoms with E-state index < -0.39 is 11.4 Å². The van der Waals surface area contributed by atoms with Gasteiger partial charge in [0, 0.05) is 29.9 Å². The maximum atomic E-state index is 13.5. The van der Waals surface area contributed by atoms with Crippen molar-refractivity contribution in [1.29, 1.82) is 5.53 Å². The third kappa shape index (κ3) is 4.64. The second kappa shape index (κ2) is 9.09. The molecule has 0 bridgehead atoms. The predicted molar refractivity (Wildman–Crippen MR) is 117 cm³/mol. The maximum absolute atomic E-state index is 13.5. The SMILES string of the molecule is CO[C@@H]1CCC[C@H]1Oc1ccc(N/C=C(\N=N)c2cc3cc(F)ccc3[nH]c2=O)cc1. The lowest BCUT2D eigenvalue weighted by Gasteiger charge is -2.20. The summed E-state index contributed by atoms with van der Waals surface area (Å²) >= 11 is 0. The molecular formula is C23H23FN4O3. The van der Waals surface area contributed by atoms with Gasteiger partial charge in [-0.1, -0.05) is 0 Å². The summed E-state index contributed by atoms with van der Waals surface area (Å²) < 4.78 is 25.0. The lowest BCUT2D eigenvalue weighted by molar-refractivity contribution is 0.0229. The lowest BCUT2D eigenvalue weighted by atomic mass is 10.1. The number of hydrogen-bond acceptors (Lipinski definition) is 6. The number of anilines is 1. The van der Waals surface area contributed by atoms with E-state index in [0.717, 1.165) is 30.7 Å². The zero-order valence-corrected chi connectivity index (χ0v) is 17.0. The van der Waals surface area contributed by atoms with Gasteiger partial charge in [-0.15, -0.1) is 0 Å². The Balaban J connectivity index is 1.50. The molecule has 3 N–H and O–H groups in total. The molecule has 0 radical (unpaired) electrons. The van der Waals surface area contributed by atoms with E-state index in [1.54, 1.807) is 7.11 Å². The first kappa shape index (κ1) is 20.7. The molecule has 7 nitrogen and oxygen atoms in total. The van der Waals surface area contributed by atoms with Gasteiger partial charge in [0.25, 0.3) is 5.56 Å². The lowest BCUT2D eigenvalue weighted by Crippen LogP contribution is -2.27. The molecule has 0 aliphatic heterocycles. The molecule has 4 rings (SSSR count). The van der Waals surface area contributed by atoms with Gasteiger partial charge < -0.3 is 19.8 Å². The zero-order chi connectivity index (χ0) is 21.8. The Morgan fingerprint density at radius 3 is 2.71 bits per heavy atom. The van der Waals surface area contributed by atoms with Gasteiger partial charge >= 0.3 is 0 Å². The molecule has 1 heterocycles. The van der Waals surface area contributed by atoms with Crippen LogP contribution in [0.25, 0.3) is 16.6 Å². The third-order valence-corrected chi connectivity index (χ3v) is 5.41. The van der Waals surface area contributed by atoms with Crippen molar-refractivity contribution < 1.29 is 13.9 Å². The highest BCUT2D eigenvalue weighted by atomic mass is 19.1. The minimum absolute atomic E-state index is 0.0573. The van der Waals surface area contributed by atoms with Crippen LogP contribution in [0.4, 0.5) is 10.1 Å². The Morgan fingerprint density at radius 2 is 1.97 bits per heavy atom. The van der Waals surface area contributed by atoms with E-state index in [2.05, 4.69) is 15.4 Å². The number of hydrogen-bond donors (Lipinski definition) is 3. The van der Waals surface area contributed by atoms with E-state index in [4.69, 9.17) is 15.0 Å². The molecule has 1 fully saturated rings. The molecule has 2 atom stereocenters. The Labute approximate surface area is 178 Å². The Kier molecular flexibility index (Phi) is 6.08. The van der Waals surface area contributed by atoms with E-state index in [9.17, 15) is 9.18 Å². The first-order valence-corrected chi connectivity index (χ1v) is 10.0.